The highest BCUT2D eigenvalue weighted by atomic mass is 35.5. The summed E-state index contributed by atoms with van der Waals surface area (Å²) in [4.78, 5) is 22.4. The van der Waals surface area contributed by atoms with Crippen LogP contribution in [0.1, 0.15) is 10.4 Å². The predicted octanol–water partition coefficient (Wildman–Crippen LogP) is 3.80. The first-order valence-corrected chi connectivity index (χ1v) is 6.82. The zero-order valence-corrected chi connectivity index (χ0v) is 12.5. The van der Waals surface area contributed by atoms with Crippen LogP contribution in [0.15, 0.2) is 58.4 Å². The largest absolute Gasteiger partial charge is 0.481 e. The van der Waals surface area contributed by atoms with Crippen molar-refractivity contribution in [1.82, 2.24) is 0 Å². The molecule has 1 aliphatic rings. The summed E-state index contributed by atoms with van der Waals surface area (Å²) < 4.78 is -1.65. The Bertz CT molecular complexity index is 711. The fourth-order valence-corrected chi connectivity index (χ4v) is 2.46. The Labute approximate surface area is 135 Å². The number of carboxylic acid groups (broad SMARTS) is 2. The quantitative estimate of drug-likeness (QED) is 0.643. The molecule has 1 aromatic carbocycles. The van der Waals surface area contributed by atoms with Crippen LogP contribution in [0.25, 0.3) is 0 Å². The van der Waals surface area contributed by atoms with Crippen molar-refractivity contribution in [3.63, 3.8) is 0 Å². The maximum absolute atomic E-state index is 11.3. The molecule has 1 aliphatic carbocycles. The van der Waals surface area contributed by atoms with Crippen LogP contribution in [0.2, 0.25) is 0 Å². The smallest absolute Gasteiger partial charge is 0.337 e. The van der Waals surface area contributed by atoms with Gasteiger partial charge < -0.3 is 10.2 Å². The number of hydrogen-bond donors (Lipinski definition) is 2. The highest BCUT2D eigenvalue weighted by molar-refractivity contribution is 6.51. The minimum absolute atomic E-state index is 0.0280. The molecule has 6 nitrogen and oxygen atoms in total. The molecule has 114 valence electrons. The molecular weight excluding hydrogens is 331 g/mol. The van der Waals surface area contributed by atoms with Crippen LogP contribution in [0, 0.1) is 5.92 Å². The number of hydrogen-bond acceptors (Lipinski definition) is 4. The minimum atomic E-state index is -1.65. The molecule has 0 spiro atoms. The standard InChI is InChI=1S/C14H10Cl2N2O4/c15-14(16)7-3-6-10(11(14)13(21)22)18-17-9-5-2-1-4-8(9)12(19)20/h1-7,11H,(H,19,20)(H,21,22)/b18-17+. The van der Waals surface area contributed by atoms with Crippen LogP contribution in [0.4, 0.5) is 5.69 Å². The molecule has 0 bridgehead atoms. The van der Waals surface area contributed by atoms with Crippen molar-refractivity contribution >= 4 is 40.8 Å². The molecule has 2 rings (SSSR count). The number of carbonyl (C=O) groups is 2. The van der Waals surface area contributed by atoms with Crippen LogP contribution >= 0.6 is 23.2 Å². The first-order chi connectivity index (χ1) is 10.3. The van der Waals surface area contributed by atoms with Gasteiger partial charge in [-0.3, -0.25) is 4.79 Å². The van der Waals surface area contributed by atoms with Crippen molar-refractivity contribution in [3.05, 3.63) is 53.8 Å². The van der Waals surface area contributed by atoms with E-state index in [0.717, 1.165) is 0 Å². The monoisotopic (exact) mass is 340 g/mol. The fourth-order valence-electron chi connectivity index (χ4n) is 1.90. The van der Waals surface area contributed by atoms with Gasteiger partial charge in [0.25, 0.3) is 0 Å². The summed E-state index contributed by atoms with van der Waals surface area (Å²) >= 11 is 11.9. The highest BCUT2D eigenvalue weighted by Crippen LogP contribution is 2.40. The third-order valence-electron chi connectivity index (χ3n) is 2.92. The maximum atomic E-state index is 11.3. The van der Waals surface area contributed by atoms with E-state index in [0.29, 0.717) is 0 Å². The lowest BCUT2D eigenvalue weighted by atomic mass is 9.96. The highest BCUT2D eigenvalue weighted by Gasteiger charge is 2.42. The van der Waals surface area contributed by atoms with Crippen LogP contribution < -0.4 is 0 Å². The summed E-state index contributed by atoms with van der Waals surface area (Å²) in [5.41, 5.74) is 0.0811. The zero-order chi connectivity index (χ0) is 16.3. The van der Waals surface area contributed by atoms with E-state index in [9.17, 15) is 14.7 Å². The molecule has 0 saturated heterocycles. The number of halogens is 2. The Hall–Kier alpha value is -2.18. The van der Waals surface area contributed by atoms with Gasteiger partial charge >= 0.3 is 11.9 Å². The summed E-state index contributed by atoms with van der Waals surface area (Å²) in [5.74, 6) is -3.72. The second-order valence-electron chi connectivity index (χ2n) is 4.42. The summed E-state index contributed by atoms with van der Waals surface area (Å²) in [7, 11) is 0. The number of carboxylic acids is 2. The Morgan fingerprint density at radius 1 is 1.14 bits per heavy atom. The summed E-state index contributed by atoms with van der Waals surface area (Å²) in [6, 6.07) is 5.97. The summed E-state index contributed by atoms with van der Waals surface area (Å²) in [5, 5.41) is 25.9. The summed E-state index contributed by atoms with van der Waals surface area (Å²) in [6.07, 6.45) is 4.21. The van der Waals surface area contributed by atoms with Gasteiger partial charge in [-0.25, -0.2) is 4.79 Å². The van der Waals surface area contributed by atoms with Gasteiger partial charge in [-0.15, -0.1) is 5.11 Å². The molecule has 1 aromatic rings. The van der Waals surface area contributed by atoms with Crippen molar-refractivity contribution in [3.8, 4) is 0 Å². The van der Waals surface area contributed by atoms with E-state index in [1.807, 2.05) is 0 Å². The van der Waals surface area contributed by atoms with Crippen LogP contribution in [0.3, 0.4) is 0 Å². The zero-order valence-electron chi connectivity index (χ0n) is 11.0. The van der Waals surface area contributed by atoms with E-state index in [1.165, 1.54) is 30.4 Å². The normalized spacial score (nSPS) is 19.9. The first-order valence-electron chi connectivity index (χ1n) is 6.07. The number of azo groups is 1. The Morgan fingerprint density at radius 2 is 1.82 bits per heavy atom. The van der Waals surface area contributed by atoms with Gasteiger partial charge in [-0.05, 0) is 24.3 Å². The van der Waals surface area contributed by atoms with Crippen LogP contribution in [0.5, 0.6) is 0 Å². The molecule has 0 saturated carbocycles. The second-order valence-corrected chi connectivity index (χ2v) is 5.86. The topological polar surface area (TPSA) is 99.3 Å². The van der Waals surface area contributed by atoms with Gasteiger partial charge in [0.2, 0.25) is 0 Å². The van der Waals surface area contributed by atoms with E-state index in [4.69, 9.17) is 28.3 Å². The number of aromatic carboxylic acids is 1. The summed E-state index contributed by atoms with van der Waals surface area (Å²) in [6.45, 7) is 0. The van der Waals surface area contributed by atoms with Gasteiger partial charge in [0.05, 0.1) is 11.3 Å². The first kappa shape index (κ1) is 16.2. The van der Waals surface area contributed by atoms with Crippen LogP contribution in [-0.2, 0) is 4.79 Å². The predicted molar refractivity (Wildman–Crippen MR) is 80.7 cm³/mol. The molecule has 0 radical (unpaired) electrons. The average molecular weight is 341 g/mol. The SMILES string of the molecule is O=C(O)c1ccccc1/N=N/C1=CC=CC(Cl)(Cl)C1C(=O)O. The van der Waals surface area contributed by atoms with Crippen LogP contribution in [-0.4, -0.2) is 26.5 Å². The molecule has 0 heterocycles. The second kappa shape index (κ2) is 6.29. The van der Waals surface area contributed by atoms with Crippen molar-refractivity contribution in [1.29, 1.82) is 0 Å². The van der Waals surface area contributed by atoms with E-state index >= 15 is 0 Å². The Kier molecular flexibility index (Phi) is 4.63. The molecule has 0 amide bonds. The van der Waals surface area contributed by atoms with E-state index in [1.54, 1.807) is 12.1 Å². The van der Waals surface area contributed by atoms with Crippen molar-refractivity contribution in [2.24, 2.45) is 16.1 Å². The fraction of sp³-hybridized carbons (Fsp3) is 0.143. The average Bonchev–Trinajstić information content (AvgIpc) is 2.43. The van der Waals surface area contributed by atoms with Gasteiger partial charge in [0.15, 0.2) is 4.33 Å². The van der Waals surface area contributed by atoms with E-state index in [2.05, 4.69) is 10.2 Å². The lowest BCUT2D eigenvalue weighted by molar-refractivity contribution is -0.140. The van der Waals surface area contributed by atoms with Gasteiger partial charge in [0.1, 0.15) is 11.6 Å². The van der Waals surface area contributed by atoms with Gasteiger partial charge in [-0.1, -0.05) is 41.4 Å². The molecule has 8 heteroatoms. The van der Waals surface area contributed by atoms with Crippen molar-refractivity contribution in [2.45, 2.75) is 4.33 Å². The lowest BCUT2D eigenvalue weighted by Crippen LogP contribution is -2.33. The number of allylic oxidation sites excluding steroid dienone is 3. The lowest BCUT2D eigenvalue weighted by Gasteiger charge is -2.25. The number of alkyl halides is 2. The molecule has 22 heavy (non-hydrogen) atoms. The third kappa shape index (κ3) is 3.35. The number of aliphatic carboxylic acids is 1. The van der Waals surface area contributed by atoms with E-state index < -0.39 is 22.2 Å². The van der Waals surface area contributed by atoms with E-state index in [-0.39, 0.29) is 16.9 Å². The van der Waals surface area contributed by atoms with Crippen molar-refractivity contribution in [2.75, 3.05) is 0 Å². The minimum Gasteiger partial charge on any atom is -0.481 e. The Morgan fingerprint density at radius 3 is 2.45 bits per heavy atom. The third-order valence-corrected chi connectivity index (χ3v) is 3.61. The van der Waals surface area contributed by atoms with Gasteiger partial charge in [-0.2, -0.15) is 5.11 Å². The Balaban J connectivity index is 2.37. The molecular formula is C14H10Cl2N2O4. The molecule has 0 aromatic heterocycles. The molecule has 2 N–H and O–H groups in total. The molecule has 1 unspecified atom stereocenters. The maximum Gasteiger partial charge on any atom is 0.337 e. The molecule has 0 aliphatic heterocycles. The number of benzene rings is 1. The number of nitrogens with zero attached hydrogens (tertiary/aromatic N) is 2. The number of rotatable bonds is 4. The van der Waals surface area contributed by atoms with Crippen molar-refractivity contribution < 1.29 is 19.8 Å². The molecule has 1 atom stereocenters. The van der Waals surface area contributed by atoms with Gasteiger partial charge in [0, 0.05) is 0 Å². The molecule has 0 fully saturated rings.